The molecule has 0 aliphatic rings. The van der Waals surface area contributed by atoms with E-state index in [4.69, 9.17) is 0 Å². The van der Waals surface area contributed by atoms with Gasteiger partial charge in [-0.15, -0.1) is 0 Å². The van der Waals surface area contributed by atoms with E-state index in [1.807, 2.05) is 0 Å². The lowest BCUT2D eigenvalue weighted by Gasteiger charge is -2.12. The van der Waals surface area contributed by atoms with E-state index in [1.54, 1.807) is 0 Å². The van der Waals surface area contributed by atoms with E-state index in [2.05, 4.69) is 97.9 Å². The van der Waals surface area contributed by atoms with Gasteiger partial charge in [0.25, 0.3) is 0 Å². The van der Waals surface area contributed by atoms with Crippen LogP contribution in [0.1, 0.15) is 63.9 Å². The molecular weight excluding hydrogens is 432 g/mol. The number of benzene rings is 6. The molecule has 6 rings (SSSR count). The first-order chi connectivity index (χ1) is 17.8. The molecule has 36 heavy (non-hydrogen) atoms. The fourth-order valence-corrected chi connectivity index (χ4v) is 6.13. The third-order valence-electron chi connectivity index (χ3n) is 8.12. The predicted molar refractivity (Wildman–Crippen MR) is 160 cm³/mol. The maximum atomic E-state index is 2.42. The molecule has 0 unspecified atom stereocenters. The summed E-state index contributed by atoms with van der Waals surface area (Å²) in [5.74, 6) is 0. The Labute approximate surface area is 214 Å². The summed E-state index contributed by atoms with van der Waals surface area (Å²) in [6.45, 7) is 2.29. The van der Waals surface area contributed by atoms with Crippen molar-refractivity contribution in [2.24, 2.45) is 0 Å². The first-order valence-electron chi connectivity index (χ1n) is 14.0. The van der Waals surface area contributed by atoms with Crippen LogP contribution in [0.3, 0.4) is 0 Å². The molecule has 6 aromatic carbocycles. The van der Waals surface area contributed by atoms with E-state index in [9.17, 15) is 0 Å². The number of aryl methyl sites for hydroxylation is 1. The van der Waals surface area contributed by atoms with E-state index in [1.165, 1.54) is 117 Å². The van der Waals surface area contributed by atoms with Crippen LogP contribution in [0.2, 0.25) is 0 Å². The van der Waals surface area contributed by atoms with Crippen LogP contribution in [0.25, 0.3) is 53.9 Å². The fourth-order valence-electron chi connectivity index (χ4n) is 6.13. The summed E-state index contributed by atoms with van der Waals surface area (Å²) in [5.41, 5.74) is 1.48. The van der Waals surface area contributed by atoms with Crippen LogP contribution in [0, 0.1) is 0 Å². The minimum absolute atomic E-state index is 1.20. The maximum absolute atomic E-state index is 2.42. The van der Waals surface area contributed by atoms with E-state index < -0.39 is 0 Å². The van der Waals surface area contributed by atoms with Gasteiger partial charge >= 0.3 is 0 Å². The molecule has 0 saturated heterocycles. The molecule has 0 amide bonds. The Balaban J connectivity index is 1.28. The molecule has 0 heterocycles. The van der Waals surface area contributed by atoms with Gasteiger partial charge in [-0.05, 0) is 72.3 Å². The number of fused-ring (bicyclic) bond motifs is 9. The summed E-state index contributed by atoms with van der Waals surface area (Å²) >= 11 is 0. The summed E-state index contributed by atoms with van der Waals surface area (Å²) in [4.78, 5) is 0. The summed E-state index contributed by atoms with van der Waals surface area (Å²) in [6.07, 6.45) is 12.2. The first kappa shape index (κ1) is 23.0. The van der Waals surface area contributed by atoms with Crippen LogP contribution < -0.4 is 0 Å². The fraction of sp³-hybridized carbons (Fsp3) is 0.278. The predicted octanol–water partition coefficient (Wildman–Crippen LogP) is 11.1. The number of hydrogen-bond donors (Lipinski definition) is 0. The second-order valence-electron chi connectivity index (χ2n) is 10.5. The highest BCUT2D eigenvalue weighted by molar-refractivity contribution is 6.24. The van der Waals surface area contributed by atoms with Crippen LogP contribution in [0.4, 0.5) is 0 Å². The van der Waals surface area contributed by atoms with Gasteiger partial charge in [0.15, 0.2) is 0 Å². The van der Waals surface area contributed by atoms with Gasteiger partial charge in [-0.2, -0.15) is 0 Å². The van der Waals surface area contributed by atoms with E-state index in [0.29, 0.717) is 0 Å². The Kier molecular flexibility index (Phi) is 6.60. The number of unbranched alkanes of at least 4 members (excludes halogenated alkanes) is 7. The zero-order valence-electron chi connectivity index (χ0n) is 21.5. The molecule has 0 saturated carbocycles. The van der Waals surface area contributed by atoms with Gasteiger partial charge in [0.1, 0.15) is 0 Å². The van der Waals surface area contributed by atoms with E-state index in [0.717, 1.165) is 0 Å². The Morgan fingerprint density at radius 3 is 1.53 bits per heavy atom. The van der Waals surface area contributed by atoms with Gasteiger partial charge in [0, 0.05) is 0 Å². The summed E-state index contributed by atoms with van der Waals surface area (Å²) in [7, 11) is 0. The Bertz CT molecular complexity index is 1670. The standard InChI is InChI=1S/C36H36/c1-2-3-4-5-6-7-8-9-12-26-15-18-30-28(25-26)17-20-34-32(30)22-24-35-33-19-16-27-13-10-11-14-29(27)31(33)21-23-36(34)35/h10-11,13-25H,2-9,12H2,1H3. The normalized spacial score (nSPS) is 11.9. The number of rotatable bonds is 9. The van der Waals surface area contributed by atoms with Crippen LogP contribution in [-0.2, 0) is 6.42 Å². The highest BCUT2D eigenvalue weighted by Crippen LogP contribution is 2.37. The summed E-state index contributed by atoms with van der Waals surface area (Å²) < 4.78 is 0. The average Bonchev–Trinajstić information content (AvgIpc) is 2.93. The van der Waals surface area contributed by atoms with Crippen molar-refractivity contribution < 1.29 is 0 Å². The molecule has 0 aliphatic heterocycles. The second-order valence-corrected chi connectivity index (χ2v) is 10.5. The van der Waals surface area contributed by atoms with Crippen molar-refractivity contribution >= 4 is 53.9 Å². The SMILES string of the molecule is CCCCCCCCCCc1ccc2c(ccc3c2ccc2c4ccc5ccccc5c4ccc32)c1. The molecule has 0 heteroatoms. The second kappa shape index (κ2) is 10.3. The lowest BCUT2D eigenvalue weighted by Crippen LogP contribution is -1.88. The maximum Gasteiger partial charge on any atom is -0.00987 e. The molecule has 6 aromatic rings. The molecule has 0 aliphatic carbocycles. The van der Waals surface area contributed by atoms with Crippen molar-refractivity contribution in [3.8, 4) is 0 Å². The molecule has 0 atom stereocenters. The van der Waals surface area contributed by atoms with Crippen molar-refractivity contribution in [2.45, 2.75) is 64.7 Å². The van der Waals surface area contributed by atoms with Gasteiger partial charge in [-0.3, -0.25) is 0 Å². The Morgan fingerprint density at radius 2 is 0.861 bits per heavy atom. The van der Waals surface area contributed by atoms with E-state index >= 15 is 0 Å². The molecule has 0 fully saturated rings. The van der Waals surface area contributed by atoms with E-state index in [-0.39, 0.29) is 0 Å². The van der Waals surface area contributed by atoms with Crippen molar-refractivity contribution in [1.29, 1.82) is 0 Å². The topological polar surface area (TPSA) is 0 Å². The Hall–Kier alpha value is -3.38. The summed E-state index contributed by atoms with van der Waals surface area (Å²) in [5, 5.41) is 13.5. The van der Waals surface area contributed by atoms with Crippen LogP contribution >= 0.6 is 0 Å². The highest BCUT2D eigenvalue weighted by atomic mass is 14.1. The Morgan fingerprint density at radius 1 is 0.389 bits per heavy atom. The van der Waals surface area contributed by atoms with Gasteiger partial charge < -0.3 is 0 Å². The summed E-state index contributed by atoms with van der Waals surface area (Å²) in [6, 6.07) is 34.4. The van der Waals surface area contributed by atoms with Gasteiger partial charge in [-0.1, -0.05) is 143 Å². The minimum Gasteiger partial charge on any atom is -0.0654 e. The average molecular weight is 469 g/mol. The quantitative estimate of drug-likeness (QED) is 0.146. The van der Waals surface area contributed by atoms with Crippen LogP contribution in [0.15, 0.2) is 91.0 Å². The molecule has 0 nitrogen and oxygen atoms in total. The molecule has 180 valence electrons. The lowest BCUT2D eigenvalue weighted by molar-refractivity contribution is 0.575. The van der Waals surface area contributed by atoms with Crippen LogP contribution in [0.5, 0.6) is 0 Å². The zero-order valence-corrected chi connectivity index (χ0v) is 21.5. The molecule has 0 aromatic heterocycles. The van der Waals surface area contributed by atoms with Gasteiger partial charge in [0.05, 0.1) is 0 Å². The van der Waals surface area contributed by atoms with Gasteiger partial charge in [0.2, 0.25) is 0 Å². The molecule has 0 spiro atoms. The minimum atomic E-state index is 1.20. The number of hydrogen-bond acceptors (Lipinski definition) is 0. The zero-order chi connectivity index (χ0) is 24.3. The molecule has 0 bridgehead atoms. The third-order valence-corrected chi connectivity index (χ3v) is 8.12. The third kappa shape index (κ3) is 4.35. The largest absolute Gasteiger partial charge is 0.0654 e. The smallest absolute Gasteiger partial charge is 0.00987 e. The van der Waals surface area contributed by atoms with Crippen molar-refractivity contribution in [3.63, 3.8) is 0 Å². The highest BCUT2D eigenvalue weighted by Gasteiger charge is 2.09. The van der Waals surface area contributed by atoms with Crippen molar-refractivity contribution in [2.75, 3.05) is 0 Å². The molecule has 0 radical (unpaired) electrons. The molecule has 0 N–H and O–H groups in total. The van der Waals surface area contributed by atoms with Crippen molar-refractivity contribution in [3.05, 3.63) is 96.6 Å². The first-order valence-corrected chi connectivity index (χ1v) is 14.0. The van der Waals surface area contributed by atoms with Crippen molar-refractivity contribution in [1.82, 2.24) is 0 Å². The van der Waals surface area contributed by atoms with Gasteiger partial charge in [-0.25, -0.2) is 0 Å². The monoisotopic (exact) mass is 468 g/mol. The molecular formula is C36H36. The lowest BCUT2D eigenvalue weighted by atomic mass is 9.92. The van der Waals surface area contributed by atoms with Crippen LogP contribution in [-0.4, -0.2) is 0 Å².